The standard InChI is InChI=1S/C16H19N3O2/c1-17-10-12-11-19(8-9-21-12)16(20)14-4-2-6-15-13(14)5-3-7-18-15/h2-7,12,17H,8-11H2,1H3. The highest BCUT2D eigenvalue weighted by molar-refractivity contribution is 6.06. The topological polar surface area (TPSA) is 54.5 Å². The second kappa shape index (κ2) is 6.20. The first kappa shape index (κ1) is 14.0. The fourth-order valence-electron chi connectivity index (χ4n) is 2.72. The van der Waals surface area contributed by atoms with Crippen molar-refractivity contribution in [3.05, 3.63) is 42.1 Å². The minimum atomic E-state index is 0.0537. The Morgan fingerprint density at radius 1 is 1.43 bits per heavy atom. The van der Waals surface area contributed by atoms with Crippen molar-refractivity contribution in [1.29, 1.82) is 0 Å². The molecule has 1 fully saturated rings. The van der Waals surface area contributed by atoms with Gasteiger partial charge in [0.05, 0.1) is 18.2 Å². The molecule has 3 rings (SSSR count). The monoisotopic (exact) mass is 285 g/mol. The van der Waals surface area contributed by atoms with Gasteiger partial charge in [-0.2, -0.15) is 0 Å². The Morgan fingerprint density at radius 3 is 3.19 bits per heavy atom. The van der Waals surface area contributed by atoms with Gasteiger partial charge in [-0.25, -0.2) is 0 Å². The van der Waals surface area contributed by atoms with E-state index in [1.165, 1.54) is 0 Å². The average Bonchev–Trinajstić information content (AvgIpc) is 2.54. The Hall–Kier alpha value is -1.98. The first-order chi connectivity index (χ1) is 10.3. The van der Waals surface area contributed by atoms with Gasteiger partial charge < -0.3 is 15.0 Å². The van der Waals surface area contributed by atoms with E-state index < -0.39 is 0 Å². The summed E-state index contributed by atoms with van der Waals surface area (Å²) >= 11 is 0. The van der Waals surface area contributed by atoms with Crippen molar-refractivity contribution in [1.82, 2.24) is 15.2 Å². The summed E-state index contributed by atoms with van der Waals surface area (Å²) in [6.07, 6.45) is 1.80. The van der Waals surface area contributed by atoms with Crippen LogP contribution in [0.3, 0.4) is 0 Å². The molecule has 5 heteroatoms. The maximum absolute atomic E-state index is 12.8. The molecule has 1 saturated heterocycles. The molecular formula is C16H19N3O2. The zero-order chi connectivity index (χ0) is 14.7. The van der Waals surface area contributed by atoms with Gasteiger partial charge in [0.15, 0.2) is 0 Å². The van der Waals surface area contributed by atoms with Gasteiger partial charge in [0, 0.05) is 36.8 Å². The summed E-state index contributed by atoms with van der Waals surface area (Å²) in [5, 5.41) is 4.00. The number of nitrogens with zero attached hydrogens (tertiary/aromatic N) is 2. The predicted molar refractivity (Wildman–Crippen MR) is 81.3 cm³/mol. The van der Waals surface area contributed by atoms with Gasteiger partial charge in [-0.1, -0.05) is 12.1 Å². The first-order valence-electron chi connectivity index (χ1n) is 7.19. The molecule has 2 heterocycles. The minimum Gasteiger partial charge on any atom is -0.373 e. The van der Waals surface area contributed by atoms with E-state index in [2.05, 4.69) is 10.3 Å². The normalized spacial score (nSPS) is 18.9. The fourth-order valence-corrected chi connectivity index (χ4v) is 2.72. The summed E-state index contributed by atoms with van der Waals surface area (Å²) in [5.74, 6) is 0.0537. The van der Waals surface area contributed by atoms with Gasteiger partial charge >= 0.3 is 0 Å². The molecule has 1 aromatic heterocycles. The molecule has 1 aliphatic heterocycles. The number of pyridine rings is 1. The molecule has 0 bridgehead atoms. The Labute approximate surface area is 123 Å². The number of amides is 1. The van der Waals surface area contributed by atoms with Crippen LogP contribution in [-0.4, -0.2) is 55.2 Å². The number of likely N-dealkylation sites (N-methyl/N-ethyl adjacent to an activating group) is 1. The van der Waals surface area contributed by atoms with Crippen LogP contribution in [0.15, 0.2) is 36.5 Å². The zero-order valence-electron chi connectivity index (χ0n) is 12.1. The number of carbonyl (C=O) groups is 1. The molecule has 5 nitrogen and oxygen atoms in total. The lowest BCUT2D eigenvalue weighted by Gasteiger charge is -2.33. The number of carbonyl (C=O) groups excluding carboxylic acids is 1. The molecule has 1 aromatic carbocycles. The van der Waals surface area contributed by atoms with E-state index in [-0.39, 0.29) is 12.0 Å². The SMILES string of the molecule is CNCC1CN(C(=O)c2cccc3ncccc23)CCO1. The van der Waals surface area contributed by atoms with Crippen molar-refractivity contribution in [2.75, 3.05) is 33.3 Å². The van der Waals surface area contributed by atoms with Crippen LogP contribution in [0.1, 0.15) is 10.4 Å². The van der Waals surface area contributed by atoms with Crippen molar-refractivity contribution < 1.29 is 9.53 Å². The highest BCUT2D eigenvalue weighted by Gasteiger charge is 2.25. The quantitative estimate of drug-likeness (QED) is 0.923. The molecule has 0 spiro atoms. The number of hydrogen-bond donors (Lipinski definition) is 1. The van der Waals surface area contributed by atoms with Crippen molar-refractivity contribution >= 4 is 16.8 Å². The van der Waals surface area contributed by atoms with E-state index >= 15 is 0 Å². The molecule has 1 atom stereocenters. The van der Waals surface area contributed by atoms with Crippen molar-refractivity contribution in [2.24, 2.45) is 0 Å². The summed E-state index contributed by atoms with van der Waals surface area (Å²) in [6.45, 7) is 2.59. The summed E-state index contributed by atoms with van der Waals surface area (Å²) in [5.41, 5.74) is 1.56. The maximum atomic E-state index is 12.8. The number of benzene rings is 1. The van der Waals surface area contributed by atoms with Gasteiger partial charge in [-0.15, -0.1) is 0 Å². The van der Waals surface area contributed by atoms with Crippen LogP contribution < -0.4 is 5.32 Å². The number of nitrogens with one attached hydrogen (secondary N) is 1. The maximum Gasteiger partial charge on any atom is 0.254 e. The van der Waals surface area contributed by atoms with Gasteiger partial charge in [-0.05, 0) is 25.2 Å². The smallest absolute Gasteiger partial charge is 0.254 e. The molecule has 0 aliphatic carbocycles. The fraction of sp³-hybridized carbons (Fsp3) is 0.375. The Bertz CT molecular complexity index is 637. The molecule has 2 aromatic rings. The Morgan fingerprint density at radius 2 is 2.33 bits per heavy atom. The van der Waals surface area contributed by atoms with Crippen LogP contribution in [0.2, 0.25) is 0 Å². The lowest BCUT2D eigenvalue weighted by molar-refractivity contribution is -0.0195. The summed E-state index contributed by atoms with van der Waals surface area (Å²) in [6, 6.07) is 9.49. The van der Waals surface area contributed by atoms with Crippen molar-refractivity contribution in [3.8, 4) is 0 Å². The molecule has 0 radical (unpaired) electrons. The van der Waals surface area contributed by atoms with Crippen LogP contribution in [0.5, 0.6) is 0 Å². The van der Waals surface area contributed by atoms with Crippen molar-refractivity contribution in [3.63, 3.8) is 0 Å². The number of morpholine rings is 1. The number of aromatic nitrogens is 1. The highest BCUT2D eigenvalue weighted by Crippen LogP contribution is 2.19. The van der Waals surface area contributed by atoms with Gasteiger partial charge in [0.1, 0.15) is 0 Å². The summed E-state index contributed by atoms with van der Waals surface area (Å²) in [4.78, 5) is 19.0. The molecule has 0 saturated carbocycles. The van der Waals surface area contributed by atoms with Crippen LogP contribution in [-0.2, 0) is 4.74 Å². The number of ether oxygens (including phenoxy) is 1. The highest BCUT2D eigenvalue weighted by atomic mass is 16.5. The lowest BCUT2D eigenvalue weighted by atomic mass is 10.1. The van der Waals surface area contributed by atoms with Crippen molar-refractivity contribution in [2.45, 2.75) is 6.10 Å². The van der Waals surface area contributed by atoms with Crippen LogP contribution >= 0.6 is 0 Å². The molecule has 1 amide bonds. The molecule has 1 unspecified atom stereocenters. The van der Waals surface area contributed by atoms with E-state index in [9.17, 15) is 4.79 Å². The van der Waals surface area contributed by atoms with Gasteiger partial charge in [0.25, 0.3) is 5.91 Å². The first-order valence-corrected chi connectivity index (χ1v) is 7.19. The number of fused-ring (bicyclic) bond motifs is 1. The molecule has 1 N–H and O–H groups in total. The molecule has 110 valence electrons. The largest absolute Gasteiger partial charge is 0.373 e. The molecule has 1 aliphatic rings. The van der Waals surface area contributed by atoms with Crippen LogP contribution in [0.4, 0.5) is 0 Å². The average molecular weight is 285 g/mol. The van der Waals surface area contributed by atoms with E-state index in [0.717, 1.165) is 17.4 Å². The minimum absolute atomic E-state index is 0.0537. The third-order valence-electron chi connectivity index (χ3n) is 3.73. The second-order valence-electron chi connectivity index (χ2n) is 5.18. The van der Waals surface area contributed by atoms with E-state index in [1.54, 1.807) is 6.20 Å². The number of hydrogen-bond acceptors (Lipinski definition) is 4. The third kappa shape index (κ3) is 2.89. The predicted octanol–water partition coefficient (Wildman–Crippen LogP) is 1.30. The van der Waals surface area contributed by atoms with Gasteiger partial charge in [-0.3, -0.25) is 9.78 Å². The van der Waals surface area contributed by atoms with E-state index in [1.807, 2.05) is 42.3 Å². The zero-order valence-corrected chi connectivity index (χ0v) is 12.1. The molecular weight excluding hydrogens is 266 g/mol. The van der Waals surface area contributed by atoms with E-state index in [0.29, 0.717) is 25.3 Å². The van der Waals surface area contributed by atoms with Crippen LogP contribution in [0, 0.1) is 0 Å². The van der Waals surface area contributed by atoms with E-state index in [4.69, 9.17) is 4.74 Å². The summed E-state index contributed by atoms with van der Waals surface area (Å²) < 4.78 is 5.65. The van der Waals surface area contributed by atoms with Gasteiger partial charge in [0.2, 0.25) is 0 Å². The number of rotatable bonds is 3. The second-order valence-corrected chi connectivity index (χ2v) is 5.18. The van der Waals surface area contributed by atoms with Crippen LogP contribution in [0.25, 0.3) is 10.9 Å². The summed E-state index contributed by atoms with van der Waals surface area (Å²) in [7, 11) is 1.89. The Kier molecular flexibility index (Phi) is 4.13. The lowest BCUT2D eigenvalue weighted by Crippen LogP contribution is -2.48. The Balaban J connectivity index is 1.86. The molecule has 21 heavy (non-hydrogen) atoms. The third-order valence-corrected chi connectivity index (χ3v) is 3.73.